The fourth-order valence-corrected chi connectivity index (χ4v) is 2.56. The molecule has 0 bridgehead atoms. The molecule has 19 heavy (non-hydrogen) atoms. The van der Waals surface area contributed by atoms with E-state index in [1.165, 1.54) is 16.7 Å². The van der Waals surface area contributed by atoms with Crippen LogP contribution in [0.5, 0.6) is 5.75 Å². The highest BCUT2D eigenvalue weighted by Gasteiger charge is 2.23. The van der Waals surface area contributed by atoms with Gasteiger partial charge in [0.15, 0.2) is 0 Å². The van der Waals surface area contributed by atoms with E-state index in [1.54, 1.807) is 7.11 Å². The monoisotopic (exact) mass is 318 g/mol. The molecule has 2 aromatic rings. The smallest absolute Gasteiger partial charge is 0.131 e. The van der Waals surface area contributed by atoms with Crippen LogP contribution in [0.3, 0.4) is 0 Å². The second-order valence-electron chi connectivity index (χ2n) is 5.23. The van der Waals surface area contributed by atoms with E-state index < -0.39 is 0 Å². The lowest BCUT2D eigenvalue weighted by molar-refractivity contribution is 0.408. The van der Waals surface area contributed by atoms with Gasteiger partial charge in [-0.1, -0.05) is 52.3 Å². The maximum absolute atomic E-state index is 5.68. The summed E-state index contributed by atoms with van der Waals surface area (Å²) < 4.78 is 5.57. The zero-order valence-electron chi connectivity index (χ0n) is 11.8. The Morgan fingerprint density at radius 1 is 1.05 bits per heavy atom. The van der Waals surface area contributed by atoms with Crippen LogP contribution in [0.15, 0.2) is 42.5 Å². The third-order valence-corrected chi connectivity index (χ3v) is 3.59. The Morgan fingerprint density at radius 3 is 2.21 bits per heavy atom. The third kappa shape index (κ3) is 3.01. The first-order valence-corrected chi connectivity index (χ1v) is 7.16. The van der Waals surface area contributed by atoms with Crippen molar-refractivity contribution in [1.29, 1.82) is 0 Å². The molecule has 0 aliphatic carbocycles. The number of ether oxygens (including phenoxy) is 1. The number of methoxy groups -OCH3 is 1. The number of hydrogen-bond acceptors (Lipinski definition) is 1. The molecule has 2 heteroatoms. The number of hydrogen-bond donors (Lipinski definition) is 0. The zero-order valence-corrected chi connectivity index (χ0v) is 13.4. The Bertz CT molecular complexity index is 568. The standard InChI is InChI=1S/C17H19BrO/c1-12-10-14(13-8-6-5-7-9-13)16(19-4)15(11-12)17(2,3)18/h5-11H,1-4H3. The van der Waals surface area contributed by atoms with Crippen LogP contribution in [0.1, 0.15) is 25.0 Å². The van der Waals surface area contributed by atoms with Crippen molar-refractivity contribution in [2.75, 3.05) is 7.11 Å². The molecule has 2 rings (SSSR count). The van der Waals surface area contributed by atoms with Crippen LogP contribution < -0.4 is 4.74 Å². The molecule has 0 atom stereocenters. The molecule has 0 aliphatic heterocycles. The zero-order chi connectivity index (χ0) is 14.0. The van der Waals surface area contributed by atoms with Crippen molar-refractivity contribution in [3.8, 4) is 16.9 Å². The Hall–Kier alpha value is -1.28. The van der Waals surface area contributed by atoms with Crippen molar-refractivity contribution < 1.29 is 4.74 Å². The van der Waals surface area contributed by atoms with Crippen molar-refractivity contribution in [3.05, 3.63) is 53.6 Å². The first-order chi connectivity index (χ1) is 8.93. The van der Waals surface area contributed by atoms with Crippen LogP contribution in [-0.2, 0) is 4.32 Å². The van der Waals surface area contributed by atoms with E-state index in [2.05, 4.69) is 73.1 Å². The summed E-state index contributed by atoms with van der Waals surface area (Å²) in [6.45, 7) is 6.40. The summed E-state index contributed by atoms with van der Waals surface area (Å²) in [5, 5.41) is 0. The number of halogens is 1. The molecule has 0 aromatic heterocycles. The van der Waals surface area contributed by atoms with Gasteiger partial charge < -0.3 is 4.74 Å². The van der Waals surface area contributed by atoms with Crippen LogP contribution in [0, 0.1) is 6.92 Å². The van der Waals surface area contributed by atoms with Crippen molar-refractivity contribution in [2.45, 2.75) is 25.1 Å². The molecule has 1 nitrogen and oxygen atoms in total. The third-order valence-electron chi connectivity index (χ3n) is 3.16. The van der Waals surface area contributed by atoms with Crippen LogP contribution in [-0.4, -0.2) is 7.11 Å². The van der Waals surface area contributed by atoms with E-state index in [0.29, 0.717) is 0 Å². The summed E-state index contributed by atoms with van der Waals surface area (Å²) in [7, 11) is 1.74. The molecule has 0 N–H and O–H groups in total. The summed E-state index contributed by atoms with van der Waals surface area (Å²) >= 11 is 3.74. The molecule has 0 heterocycles. The predicted octanol–water partition coefficient (Wildman–Crippen LogP) is 5.30. The molecule has 0 saturated carbocycles. The fraction of sp³-hybridized carbons (Fsp3) is 0.294. The Morgan fingerprint density at radius 2 is 1.68 bits per heavy atom. The second-order valence-corrected chi connectivity index (χ2v) is 7.21. The highest BCUT2D eigenvalue weighted by molar-refractivity contribution is 9.09. The molecule has 0 amide bonds. The summed E-state index contributed by atoms with van der Waals surface area (Å²) in [6, 6.07) is 14.7. The molecule has 0 fully saturated rings. The molecule has 0 saturated heterocycles. The normalized spacial score (nSPS) is 11.4. The quantitative estimate of drug-likeness (QED) is 0.698. The largest absolute Gasteiger partial charge is 0.496 e. The Balaban J connectivity index is 2.71. The maximum Gasteiger partial charge on any atom is 0.131 e. The average Bonchev–Trinajstić information content (AvgIpc) is 2.37. The van der Waals surface area contributed by atoms with Gasteiger partial charge in [-0.3, -0.25) is 0 Å². The van der Waals surface area contributed by atoms with E-state index in [4.69, 9.17) is 4.74 Å². The minimum atomic E-state index is -0.117. The molecular formula is C17H19BrO. The van der Waals surface area contributed by atoms with E-state index in [1.807, 2.05) is 6.07 Å². The average molecular weight is 319 g/mol. The SMILES string of the molecule is COc1c(-c2ccccc2)cc(C)cc1C(C)(C)Br. The number of benzene rings is 2. The van der Waals surface area contributed by atoms with Gasteiger partial charge in [0.1, 0.15) is 5.75 Å². The first-order valence-electron chi connectivity index (χ1n) is 6.37. The maximum atomic E-state index is 5.68. The lowest BCUT2D eigenvalue weighted by Crippen LogP contribution is -2.10. The molecule has 2 aromatic carbocycles. The lowest BCUT2D eigenvalue weighted by atomic mass is 9.93. The first kappa shape index (κ1) is 14.1. The molecule has 0 aliphatic rings. The molecular weight excluding hydrogens is 300 g/mol. The predicted molar refractivity (Wildman–Crippen MR) is 85.1 cm³/mol. The van der Waals surface area contributed by atoms with Gasteiger partial charge in [-0.05, 0) is 38.0 Å². The van der Waals surface area contributed by atoms with E-state index in [0.717, 1.165) is 11.3 Å². The number of aryl methyl sites for hydroxylation is 1. The summed E-state index contributed by atoms with van der Waals surface area (Å²) in [6.07, 6.45) is 0. The van der Waals surface area contributed by atoms with Gasteiger partial charge in [-0.2, -0.15) is 0 Å². The van der Waals surface area contributed by atoms with E-state index in [-0.39, 0.29) is 4.32 Å². The van der Waals surface area contributed by atoms with E-state index >= 15 is 0 Å². The van der Waals surface area contributed by atoms with Crippen molar-refractivity contribution >= 4 is 15.9 Å². The molecule has 100 valence electrons. The Labute approximate surface area is 123 Å². The topological polar surface area (TPSA) is 9.23 Å². The van der Waals surface area contributed by atoms with Gasteiger partial charge in [0, 0.05) is 15.5 Å². The van der Waals surface area contributed by atoms with Crippen molar-refractivity contribution in [1.82, 2.24) is 0 Å². The van der Waals surface area contributed by atoms with Gasteiger partial charge >= 0.3 is 0 Å². The minimum Gasteiger partial charge on any atom is -0.496 e. The molecule has 0 radical (unpaired) electrons. The lowest BCUT2D eigenvalue weighted by Gasteiger charge is -2.23. The minimum absolute atomic E-state index is 0.117. The van der Waals surface area contributed by atoms with Gasteiger partial charge in [0.05, 0.1) is 7.11 Å². The van der Waals surface area contributed by atoms with Crippen LogP contribution >= 0.6 is 15.9 Å². The van der Waals surface area contributed by atoms with Gasteiger partial charge in [0.25, 0.3) is 0 Å². The van der Waals surface area contributed by atoms with Gasteiger partial charge in [-0.25, -0.2) is 0 Å². The molecule has 0 unspecified atom stereocenters. The van der Waals surface area contributed by atoms with Crippen molar-refractivity contribution in [3.63, 3.8) is 0 Å². The van der Waals surface area contributed by atoms with Crippen LogP contribution in [0.4, 0.5) is 0 Å². The van der Waals surface area contributed by atoms with Gasteiger partial charge in [0.2, 0.25) is 0 Å². The highest BCUT2D eigenvalue weighted by Crippen LogP contribution is 2.42. The molecule has 0 spiro atoms. The summed E-state index contributed by atoms with van der Waals surface area (Å²) in [5.41, 5.74) is 4.74. The summed E-state index contributed by atoms with van der Waals surface area (Å²) in [5.74, 6) is 0.943. The Kier molecular flexibility index (Phi) is 4.00. The van der Waals surface area contributed by atoms with E-state index in [9.17, 15) is 0 Å². The fourth-order valence-electron chi connectivity index (χ4n) is 2.27. The van der Waals surface area contributed by atoms with Crippen LogP contribution in [0.2, 0.25) is 0 Å². The number of rotatable bonds is 3. The second kappa shape index (κ2) is 5.38. The summed E-state index contributed by atoms with van der Waals surface area (Å²) in [4.78, 5) is 0. The van der Waals surface area contributed by atoms with Gasteiger partial charge in [-0.15, -0.1) is 0 Å². The highest BCUT2D eigenvalue weighted by atomic mass is 79.9. The number of alkyl halides is 1. The van der Waals surface area contributed by atoms with Crippen LogP contribution in [0.25, 0.3) is 11.1 Å². The van der Waals surface area contributed by atoms with Crippen molar-refractivity contribution in [2.24, 2.45) is 0 Å².